The molecule has 0 unspecified atom stereocenters. The van der Waals surface area contributed by atoms with Gasteiger partial charge in [0.25, 0.3) is 5.91 Å². The van der Waals surface area contributed by atoms with E-state index in [9.17, 15) is 13.2 Å². The van der Waals surface area contributed by atoms with Crippen LogP contribution in [-0.2, 0) is 15.4 Å². The van der Waals surface area contributed by atoms with E-state index in [0.717, 1.165) is 5.69 Å². The van der Waals surface area contributed by atoms with Gasteiger partial charge in [-0.25, -0.2) is 13.1 Å². The Morgan fingerprint density at radius 1 is 1.27 bits per heavy atom. The van der Waals surface area contributed by atoms with Crippen LogP contribution in [0.15, 0.2) is 35.2 Å². The van der Waals surface area contributed by atoms with Crippen molar-refractivity contribution in [2.45, 2.75) is 31.1 Å². The number of nitrogens with two attached hydrogens (primary N) is 1. The molecule has 5 N–H and O–H groups in total. The number of benzene rings is 1. The average molecular weight is 402 g/mol. The van der Waals surface area contributed by atoms with Crippen LogP contribution in [-0.4, -0.2) is 37.6 Å². The normalized spacial score (nSPS) is 11.7. The summed E-state index contributed by atoms with van der Waals surface area (Å²) < 4.78 is 26.6. The van der Waals surface area contributed by atoms with Crippen molar-refractivity contribution in [1.82, 2.24) is 14.9 Å². The number of sulfonamides is 1. The van der Waals surface area contributed by atoms with Crippen LogP contribution in [0.1, 0.15) is 37.0 Å². The zero-order chi connectivity index (χ0) is 18.7. The summed E-state index contributed by atoms with van der Waals surface area (Å²) in [6.07, 6.45) is 0. The third-order valence-corrected chi connectivity index (χ3v) is 4.92. The predicted octanol–water partition coefficient (Wildman–Crippen LogP) is 1.62. The molecular weight excluding hydrogens is 378 g/mol. The first-order valence-electron chi connectivity index (χ1n) is 7.80. The second-order valence-corrected chi connectivity index (χ2v) is 8.35. The molecular formula is C16H24ClN5O3S. The minimum atomic E-state index is -3.66. The van der Waals surface area contributed by atoms with Crippen molar-refractivity contribution in [3.05, 3.63) is 41.7 Å². The fraction of sp³-hybridized carbons (Fsp3) is 0.375. The summed E-state index contributed by atoms with van der Waals surface area (Å²) in [7, 11) is -3.66. The molecule has 1 aromatic heterocycles. The zero-order valence-corrected chi connectivity index (χ0v) is 16.5. The Hall–Kier alpha value is -1.94. The van der Waals surface area contributed by atoms with Gasteiger partial charge in [-0.1, -0.05) is 26.8 Å². The van der Waals surface area contributed by atoms with Crippen molar-refractivity contribution in [1.29, 1.82) is 0 Å². The molecule has 0 aliphatic carbocycles. The molecule has 1 heterocycles. The highest BCUT2D eigenvalue weighted by Crippen LogP contribution is 2.21. The van der Waals surface area contributed by atoms with Gasteiger partial charge in [0.15, 0.2) is 5.69 Å². The third-order valence-electron chi connectivity index (χ3n) is 3.46. The summed E-state index contributed by atoms with van der Waals surface area (Å²) in [5.74, 6) is -0.420. The minimum Gasteiger partial charge on any atom is -0.329 e. The molecule has 0 atom stereocenters. The fourth-order valence-corrected chi connectivity index (χ4v) is 3.13. The average Bonchev–Trinajstić information content (AvgIpc) is 3.03. The summed E-state index contributed by atoms with van der Waals surface area (Å²) in [6, 6.07) is 7.67. The molecule has 144 valence electrons. The molecule has 0 radical (unpaired) electrons. The van der Waals surface area contributed by atoms with Crippen molar-refractivity contribution in [3.8, 4) is 0 Å². The highest BCUT2D eigenvalue weighted by Gasteiger charge is 2.20. The lowest BCUT2D eigenvalue weighted by molar-refractivity contribution is 0.102. The van der Waals surface area contributed by atoms with Crippen LogP contribution in [0.4, 0.5) is 5.69 Å². The van der Waals surface area contributed by atoms with Crippen molar-refractivity contribution >= 4 is 34.0 Å². The molecule has 2 rings (SSSR count). The molecule has 0 aliphatic heterocycles. The topological polar surface area (TPSA) is 130 Å². The molecule has 0 aliphatic rings. The van der Waals surface area contributed by atoms with E-state index in [1.54, 1.807) is 18.2 Å². The van der Waals surface area contributed by atoms with Gasteiger partial charge in [0.2, 0.25) is 10.0 Å². The Labute approximate surface area is 159 Å². The van der Waals surface area contributed by atoms with Crippen LogP contribution >= 0.6 is 12.4 Å². The molecule has 10 heteroatoms. The van der Waals surface area contributed by atoms with Crippen LogP contribution in [0.25, 0.3) is 0 Å². The van der Waals surface area contributed by atoms with Gasteiger partial charge >= 0.3 is 0 Å². The van der Waals surface area contributed by atoms with Gasteiger partial charge in [-0.2, -0.15) is 5.10 Å². The standard InChI is InChI=1S/C16H23N5O3S.ClH/c1-16(2,3)14-10-13(20-21-14)15(22)19-11-5-4-6-12(9-11)25(23,24)18-8-7-17;/h4-6,9-10,18H,7-8,17H2,1-3H3,(H,19,22)(H,20,21);1H. The van der Waals surface area contributed by atoms with E-state index in [2.05, 4.69) is 20.2 Å². The number of aromatic amines is 1. The maximum atomic E-state index is 12.3. The van der Waals surface area contributed by atoms with E-state index < -0.39 is 15.9 Å². The minimum absolute atomic E-state index is 0. The second-order valence-electron chi connectivity index (χ2n) is 6.59. The first-order chi connectivity index (χ1) is 11.6. The smallest absolute Gasteiger partial charge is 0.276 e. The largest absolute Gasteiger partial charge is 0.329 e. The molecule has 26 heavy (non-hydrogen) atoms. The Morgan fingerprint density at radius 2 is 1.96 bits per heavy atom. The van der Waals surface area contributed by atoms with Gasteiger partial charge in [0, 0.05) is 29.9 Å². The van der Waals surface area contributed by atoms with Crippen LogP contribution in [0.2, 0.25) is 0 Å². The van der Waals surface area contributed by atoms with Crippen LogP contribution in [0.3, 0.4) is 0 Å². The number of rotatable bonds is 6. The van der Waals surface area contributed by atoms with E-state index in [1.807, 2.05) is 20.8 Å². The predicted molar refractivity (Wildman–Crippen MR) is 103 cm³/mol. The number of hydrogen-bond donors (Lipinski definition) is 4. The Balaban J connectivity index is 0.00000338. The van der Waals surface area contributed by atoms with Crippen molar-refractivity contribution in [2.75, 3.05) is 18.4 Å². The summed E-state index contributed by atoms with van der Waals surface area (Å²) in [5, 5.41) is 9.50. The van der Waals surface area contributed by atoms with Crippen molar-refractivity contribution < 1.29 is 13.2 Å². The number of carbonyl (C=O) groups excluding carboxylic acids is 1. The molecule has 8 nitrogen and oxygen atoms in total. The molecule has 0 fully saturated rings. The van der Waals surface area contributed by atoms with E-state index >= 15 is 0 Å². The number of halogens is 1. The molecule has 0 spiro atoms. The number of carbonyl (C=O) groups is 1. The number of amides is 1. The SMILES string of the molecule is CC(C)(C)c1cc(C(=O)Nc2cccc(S(=O)(=O)NCCN)c2)n[nH]1.Cl. The monoisotopic (exact) mass is 401 g/mol. The number of nitrogens with one attached hydrogen (secondary N) is 3. The summed E-state index contributed by atoms with van der Waals surface area (Å²) in [4.78, 5) is 12.4. The van der Waals surface area contributed by atoms with Gasteiger partial charge in [-0.05, 0) is 24.3 Å². The van der Waals surface area contributed by atoms with Crippen molar-refractivity contribution in [3.63, 3.8) is 0 Å². The highest BCUT2D eigenvalue weighted by molar-refractivity contribution is 7.89. The van der Waals surface area contributed by atoms with Crippen LogP contribution < -0.4 is 15.8 Å². The lowest BCUT2D eigenvalue weighted by Gasteiger charge is -2.14. The number of aromatic nitrogens is 2. The summed E-state index contributed by atoms with van der Waals surface area (Å²) >= 11 is 0. The Bertz CT molecular complexity index is 859. The first-order valence-corrected chi connectivity index (χ1v) is 9.29. The maximum absolute atomic E-state index is 12.3. The summed E-state index contributed by atoms with van der Waals surface area (Å²) in [6.45, 7) is 6.35. The number of anilines is 1. The van der Waals surface area contributed by atoms with E-state index in [1.165, 1.54) is 12.1 Å². The molecule has 0 bridgehead atoms. The quantitative estimate of drug-likeness (QED) is 0.584. The van der Waals surface area contributed by atoms with Gasteiger partial charge < -0.3 is 11.1 Å². The highest BCUT2D eigenvalue weighted by atomic mass is 35.5. The molecule has 1 amide bonds. The lowest BCUT2D eigenvalue weighted by atomic mass is 9.92. The Kier molecular flexibility index (Phi) is 7.34. The maximum Gasteiger partial charge on any atom is 0.276 e. The summed E-state index contributed by atoms with van der Waals surface area (Å²) in [5.41, 5.74) is 6.58. The van der Waals surface area contributed by atoms with Crippen molar-refractivity contribution in [2.24, 2.45) is 5.73 Å². The van der Waals surface area contributed by atoms with Gasteiger partial charge in [-0.15, -0.1) is 12.4 Å². The Morgan fingerprint density at radius 3 is 2.54 bits per heavy atom. The zero-order valence-electron chi connectivity index (χ0n) is 14.9. The van der Waals surface area contributed by atoms with E-state index in [4.69, 9.17) is 5.73 Å². The number of hydrogen-bond acceptors (Lipinski definition) is 5. The van der Waals surface area contributed by atoms with E-state index in [-0.39, 0.29) is 41.5 Å². The molecule has 0 saturated heterocycles. The van der Waals surface area contributed by atoms with Gasteiger partial charge in [0.05, 0.1) is 4.90 Å². The van der Waals surface area contributed by atoms with Gasteiger partial charge in [-0.3, -0.25) is 9.89 Å². The molecule has 0 saturated carbocycles. The van der Waals surface area contributed by atoms with Gasteiger partial charge in [0.1, 0.15) is 0 Å². The number of nitrogens with zero attached hydrogens (tertiary/aromatic N) is 1. The number of H-pyrrole nitrogens is 1. The first kappa shape index (κ1) is 22.1. The lowest BCUT2D eigenvalue weighted by Crippen LogP contribution is -2.29. The van der Waals surface area contributed by atoms with Crippen LogP contribution in [0.5, 0.6) is 0 Å². The second kappa shape index (κ2) is 8.63. The molecule has 1 aromatic carbocycles. The van der Waals surface area contributed by atoms with Crippen LogP contribution in [0, 0.1) is 0 Å². The molecule has 2 aromatic rings. The fourth-order valence-electron chi connectivity index (χ4n) is 2.04. The van der Waals surface area contributed by atoms with E-state index in [0.29, 0.717) is 5.69 Å². The third kappa shape index (κ3) is 5.53.